The number of nitrogens with zero attached hydrogens (tertiary/aromatic N) is 2. The second kappa shape index (κ2) is 4.78. The summed E-state index contributed by atoms with van der Waals surface area (Å²) in [6, 6.07) is 13.4. The zero-order valence-corrected chi connectivity index (χ0v) is 10.0. The van der Waals surface area contributed by atoms with Crippen LogP contribution in [0, 0.1) is 13.8 Å². The van der Waals surface area contributed by atoms with Crippen LogP contribution in [0.25, 0.3) is 0 Å². The standard InChI is InChI=1S/C14H15N3/c1-10-11(2)14(9-8-13(10)15)17-16-12-6-4-3-5-7-12/h3-9H,15H2,1-2H3/b17-16+. The molecule has 2 rings (SSSR count). The number of rotatable bonds is 2. The molecule has 2 aromatic rings. The van der Waals surface area contributed by atoms with Crippen molar-refractivity contribution in [3.05, 3.63) is 53.6 Å². The van der Waals surface area contributed by atoms with Gasteiger partial charge in [0.1, 0.15) is 0 Å². The topological polar surface area (TPSA) is 50.7 Å². The van der Waals surface area contributed by atoms with Gasteiger partial charge in [0.15, 0.2) is 0 Å². The van der Waals surface area contributed by atoms with Crippen LogP contribution in [0.5, 0.6) is 0 Å². The van der Waals surface area contributed by atoms with Gasteiger partial charge in [-0.15, -0.1) is 0 Å². The maximum absolute atomic E-state index is 5.82. The molecule has 0 saturated carbocycles. The molecule has 0 aliphatic carbocycles. The number of benzene rings is 2. The largest absolute Gasteiger partial charge is 0.399 e. The van der Waals surface area contributed by atoms with Crippen molar-refractivity contribution in [1.29, 1.82) is 0 Å². The third-order valence-corrected chi connectivity index (χ3v) is 2.83. The van der Waals surface area contributed by atoms with E-state index in [2.05, 4.69) is 10.2 Å². The molecule has 0 atom stereocenters. The number of nitrogens with two attached hydrogens (primary N) is 1. The van der Waals surface area contributed by atoms with Crippen molar-refractivity contribution < 1.29 is 0 Å². The third-order valence-electron chi connectivity index (χ3n) is 2.83. The molecule has 0 amide bonds. The van der Waals surface area contributed by atoms with Crippen LogP contribution in [0.15, 0.2) is 52.7 Å². The summed E-state index contributed by atoms with van der Waals surface area (Å²) < 4.78 is 0. The van der Waals surface area contributed by atoms with Gasteiger partial charge >= 0.3 is 0 Å². The summed E-state index contributed by atoms with van der Waals surface area (Å²) in [6.45, 7) is 4.00. The van der Waals surface area contributed by atoms with Crippen molar-refractivity contribution in [3.63, 3.8) is 0 Å². The molecule has 0 bridgehead atoms. The van der Waals surface area contributed by atoms with E-state index in [0.29, 0.717) is 0 Å². The molecule has 0 aliphatic rings. The first-order valence-corrected chi connectivity index (χ1v) is 5.51. The van der Waals surface area contributed by atoms with E-state index < -0.39 is 0 Å². The highest BCUT2D eigenvalue weighted by Crippen LogP contribution is 2.27. The average Bonchev–Trinajstić information content (AvgIpc) is 2.36. The van der Waals surface area contributed by atoms with Crippen molar-refractivity contribution in [2.75, 3.05) is 5.73 Å². The molecule has 2 aromatic carbocycles. The molecule has 0 fully saturated rings. The fraction of sp³-hybridized carbons (Fsp3) is 0.143. The van der Waals surface area contributed by atoms with Crippen molar-refractivity contribution >= 4 is 17.1 Å². The zero-order chi connectivity index (χ0) is 12.3. The Morgan fingerprint density at radius 2 is 1.53 bits per heavy atom. The second-order valence-electron chi connectivity index (χ2n) is 3.96. The minimum absolute atomic E-state index is 0.793. The summed E-state index contributed by atoms with van der Waals surface area (Å²) in [5.41, 5.74) is 10.5. The maximum atomic E-state index is 5.82. The lowest BCUT2D eigenvalue weighted by Gasteiger charge is -2.06. The van der Waals surface area contributed by atoms with Gasteiger partial charge in [-0.3, -0.25) is 0 Å². The smallest absolute Gasteiger partial charge is 0.0890 e. The molecule has 0 radical (unpaired) electrons. The number of hydrogen-bond acceptors (Lipinski definition) is 3. The van der Waals surface area contributed by atoms with E-state index in [0.717, 1.165) is 28.2 Å². The van der Waals surface area contributed by atoms with Gasteiger partial charge in [-0.1, -0.05) is 18.2 Å². The van der Waals surface area contributed by atoms with Crippen LogP contribution in [-0.4, -0.2) is 0 Å². The number of nitrogen functional groups attached to an aromatic ring is 1. The minimum atomic E-state index is 0.793. The molecule has 3 nitrogen and oxygen atoms in total. The quantitative estimate of drug-likeness (QED) is 0.601. The molecule has 2 N–H and O–H groups in total. The normalized spacial score (nSPS) is 10.9. The van der Waals surface area contributed by atoms with Gasteiger partial charge in [-0.25, -0.2) is 0 Å². The number of anilines is 1. The van der Waals surface area contributed by atoms with E-state index in [1.165, 1.54) is 0 Å². The van der Waals surface area contributed by atoms with Crippen LogP contribution in [-0.2, 0) is 0 Å². The molecular weight excluding hydrogens is 210 g/mol. The van der Waals surface area contributed by atoms with Crippen molar-refractivity contribution in [1.82, 2.24) is 0 Å². The first-order valence-electron chi connectivity index (χ1n) is 5.51. The van der Waals surface area contributed by atoms with E-state index in [9.17, 15) is 0 Å². The fourth-order valence-corrected chi connectivity index (χ4v) is 1.54. The summed E-state index contributed by atoms with van der Waals surface area (Å²) in [5.74, 6) is 0. The Hall–Kier alpha value is -2.16. The predicted octanol–water partition coefficient (Wildman–Crippen LogP) is 4.30. The SMILES string of the molecule is Cc1c(N)ccc(/N=N/c2ccccc2)c1C. The van der Waals surface area contributed by atoms with Crippen LogP contribution >= 0.6 is 0 Å². The Morgan fingerprint density at radius 3 is 2.24 bits per heavy atom. The van der Waals surface area contributed by atoms with Crippen molar-refractivity contribution in [2.45, 2.75) is 13.8 Å². The van der Waals surface area contributed by atoms with E-state index in [4.69, 9.17) is 5.73 Å². The summed E-state index contributed by atoms with van der Waals surface area (Å²) in [5, 5.41) is 8.44. The monoisotopic (exact) mass is 225 g/mol. The van der Waals surface area contributed by atoms with Crippen LogP contribution < -0.4 is 5.73 Å². The maximum Gasteiger partial charge on any atom is 0.0890 e. The molecule has 0 spiro atoms. The van der Waals surface area contributed by atoms with Crippen molar-refractivity contribution in [3.8, 4) is 0 Å². The molecule has 0 heterocycles. The second-order valence-corrected chi connectivity index (χ2v) is 3.96. The lowest BCUT2D eigenvalue weighted by Crippen LogP contribution is -1.91. The highest BCUT2D eigenvalue weighted by atomic mass is 15.1. The Morgan fingerprint density at radius 1 is 0.824 bits per heavy atom. The molecule has 0 aliphatic heterocycles. The third kappa shape index (κ3) is 2.50. The first kappa shape index (κ1) is 11.3. The number of azo groups is 1. The first-order chi connectivity index (χ1) is 8.18. The van der Waals surface area contributed by atoms with Gasteiger partial charge in [0, 0.05) is 5.69 Å². The van der Waals surface area contributed by atoms with Gasteiger partial charge < -0.3 is 5.73 Å². The van der Waals surface area contributed by atoms with Gasteiger partial charge in [0.25, 0.3) is 0 Å². The van der Waals surface area contributed by atoms with Crippen LogP contribution in [0.4, 0.5) is 17.1 Å². The average molecular weight is 225 g/mol. The molecular formula is C14H15N3. The van der Waals surface area contributed by atoms with Gasteiger partial charge in [0.05, 0.1) is 11.4 Å². The summed E-state index contributed by atoms with van der Waals surface area (Å²) in [4.78, 5) is 0. The Labute approximate surface area is 101 Å². The number of hydrogen-bond donors (Lipinski definition) is 1. The Balaban J connectivity index is 2.31. The lowest BCUT2D eigenvalue weighted by molar-refractivity contribution is 1.19. The lowest BCUT2D eigenvalue weighted by atomic mass is 10.1. The zero-order valence-electron chi connectivity index (χ0n) is 10.0. The van der Waals surface area contributed by atoms with Gasteiger partial charge in [-0.2, -0.15) is 10.2 Å². The molecule has 17 heavy (non-hydrogen) atoms. The minimum Gasteiger partial charge on any atom is -0.399 e. The molecule has 0 aromatic heterocycles. The van der Waals surface area contributed by atoms with Gasteiger partial charge in [-0.05, 0) is 49.2 Å². The Kier molecular flexibility index (Phi) is 3.19. The predicted molar refractivity (Wildman–Crippen MR) is 70.9 cm³/mol. The van der Waals surface area contributed by atoms with Crippen LogP contribution in [0.1, 0.15) is 11.1 Å². The Bertz CT molecular complexity index is 545. The van der Waals surface area contributed by atoms with Crippen LogP contribution in [0.2, 0.25) is 0 Å². The van der Waals surface area contributed by atoms with E-state index in [-0.39, 0.29) is 0 Å². The summed E-state index contributed by atoms with van der Waals surface area (Å²) in [7, 11) is 0. The molecule has 0 saturated heterocycles. The molecule has 0 unspecified atom stereocenters. The highest BCUT2D eigenvalue weighted by molar-refractivity contribution is 5.60. The fourth-order valence-electron chi connectivity index (χ4n) is 1.54. The van der Waals surface area contributed by atoms with E-state index in [1.54, 1.807) is 0 Å². The van der Waals surface area contributed by atoms with Crippen molar-refractivity contribution in [2.24, 2.45) is 10.2 Å². The van der Waals surface area contributed by atoms with E-state index in [1.807, 2.05) is 56.3 Å². The van der Waals surface area contributed by atoms with E-state index >= 15 is 0 Å². The molecule has 86 valence electrons. The molecule has 3 heteroatoms. The van der Waals surface area contributed by atoms with Gasteiger partial charge in [0.2, 0.25) is 0 Å². The van der Waals surface area contributed by atoms with Crippen LogP contribution in [0.3, 0.4) is 0 Å². The summed E-state index contributed by atoms with van der Waals surface area (Å²) in [6.07, 6.45) is 0. The summed E-state index contributed by atoms with van der Waals surface area (Å²) >= 11 is 0. The highest BCUT2D eigenvalue weighted by Gasteiger charge is 2.02.